The van der Waals surface area contributed by atoms with Crippen LogP contribution in [0.1, 0.15) is 66.9 Å². The maximum absolute atomic E-state index is 12.9. The van der Waals surface area contributed by atoms with E-state index in [2.05, 4.69) is 20.7 Å². The number of carbonyl (C=O) groups is 3. The van der Waals surface area contributed by atoms with Gasteiger partial charge in [-0.05, 0) is 86.4 Å². The third-order valence-corrected chi connectivity index (χ3v) is 6.89. The molecule has 2 fully saturated rings. The van der Waals surface area contributed by atoms with E-state index in [1.165, 1.54) is 30.5 Å². The van der Waals surface area contributed by atoms with Crippen LogP contribution in [0.4, 0.5) is 23.7 Å². The van der Waals surface area contributed by atoms with Gasteiger partial charge in [-0.2, -0.15) is 0 Å². The van der Waals surface area contributed by atoms with E-state index in [9.17, 15) is 27.6 Å². The van der Waals surface area contributed by atoms with Crippen LogP contribution in [-0.4, -0.2) is 35.9 Å². The Bertz CT molecular complexity index is 1210. The van der Waals surface area contributed by atoms with Crippen LogP contribution in [0.25, 0.3) is 0 Å². The molecule has 2 aliphatic rings. The molecule has 39 heavy (non-hydrogen) atoms. The molecule has 0 saturated heterocycles. The molecule has 0 radical (unpaired) electrons. The van der Waals surface area contributed by atoms with Gasteiger partial charge in [-0.3, -0.25) is 9.59 Å². The third kappa shape index (κ3) is 8.49. The first-order chi connectivity index (χ1) is 18.6. The maximum atomic E-state index is 12.9. The van der Waals surface area contributed by atoms with Crippen molar-refractivity contribution in [3.8, 4) is 5.75 Å². The molecule has 1 atom stereocenters. The van der Waals surface area contributed by atoms with Gasteiger partial charge < -0.3 is 25.8 Å². The number of nitrogens with one attached hydrogen (secondary N) is 3. The van der Waals surface area contributed by atoms with Crippen LogP contribution in [-0.2, 0) is 4.79 Å². The van der Waals surface area contributed by atoms with Gasteiger partial charge in [-0.15, -0.1) is 13.2 Å². The molecule has 4 rings (SSSR count). The Kier molecular flexibility index (Phi) is 8.78. The fourth-order valence-corrected chi connectivity index (χ4v) is 4.84. The second-order valence-electron chi connectivity index (χ2n) is 9.71. The Labute approximate surface area is 223 Å². The van der Waals surface area contributed by atoms with Crippen molar-refractivity contribution in [1.29, 1.82) is 0 Å². The van der Waals surface area contributed by atoms with Crippen LogP contribution in [0, 0.1) is 5.92 Å². The van der Waals surface area contributed by atoms with Crippen molar-refractivity contribution in [3.05, 3.63) is 70.8 Å². The minimum atomic E-state index is -4.80. The highest BCUT2D eigenvalue weighted by molar-refractivity contribution is 5.94. The largest absolute Gasteiger partial charge is 0.573 e. The highest BCUT2D eigenvalue weighted by Gasteiger charge is 2.32. The summed E-state index contributed by atoms with van der Waals surface area (Å²) in [5.41, 5.74) is 4.56. The zero-order valence-electron chi connectivity index (χ0n) is 21.1. The van der Waals surface area contributed by atoms with Crippen LogP contribution in [0.3, 0.4) is 0 Å². The molecule has 1 unspecified atom stereocenters. The number of carboxylic acids is 1. The number of rotatable bonds is 9. The number of halogens is 3. The summed E-state index contributed by atoms with van der Waals surface area (Å²) in [6, 6.07) is 10.8. The summed E-state index contributed by atoms with van der Waals surface area (Å²) < 4.78 is 41.1. The van der Waals surface area contributed by atoms with E-state index >= 15 is 0 Å². The predicted molar refractivity (Wildman–Crippen MR) is 137 cm³/mol. The van der Waals surface area contributed by atoms with Gasteiger partial charge in [0.25, 0.3) is 5.91 Å². The van der Waals surface area contributed by atoms with Crippen LogP contribution in [0.5, 0.6) is 5.75 Å². The smallest absolute Gasteiger partial charge is 0.481 e. The summed E-state index contributed by atoms with van der Waals surface area (Å²) in [6.45, 7) is 0.0174. The Morgan fingerprint density at radius 3 is 2.10 bits per heavy atom. The van der Waals surface area contributed by atoms with Crippen molar-refractivity contribution in [1.82, 2.24) is 10.6 Å². The molecule has 0 spiro atoms. The predicted octanol–water partition coefficient (Wildman–Crippen LogP) is 5.93. The van der Waals surface area contributed by atoms with Crippen LogP contribution in [0.15, 0.2) is 59.7 Å². The van der Waals surface area contributed by atoms with Crippen LogP contribution >= 0.6 is 0 Å². The van der Waals surface area contributed by atoms with E-state index in [0.29, 0.717) is 11.3 Å². The molecule has 0 aliphatic heterocycles. The monoisotopic (exact) mass is 545 g/mol. The van der Waals surface area contributed by atoms with E-state index in [0.717, 1.165) is 43.4 Å². The highest BCUT2D eigenvalue weighted by atomic mass is 19.4. The normalized spacial score (nSPS) is 17.7. The quantitative estimate of drug-likeness (QED) is 0.291. The van der Waals surface area contributed by atoms with E-state index < -0.39 is 18.4 Å². The van der Waals surface area contributed by atoms with Crippen molar-refractivity contribution >= 4 is 23.6 Å². The molecule has 0 aromatic heterocycles. The topological polar surface area (TPSA) is 117 Å². The number of hydrogen-bond donors (Lipinski definition) is 4. The van der Waals surface area contributed by atoms with Crippen molar-refractivity contribution in [3.63, 3.8) is 0 Å². The lowest BCUT2D eigenvalue weighted by molar-refractivity contribution is -0.274. The fraction of sp³-hybridized carbons (Fsp3) is 0.393. The highest BCUT2D eigenvalue weighted by Crippen LogP contribution is 2.43. The Balaban J connectivity index is 1.43. The van der Waals surface area contributed by atoms with Crippen LogP contribution < -0.4 is 20.7 Å². The first-order valence-electron chi connectivity index (χ1n) is 12.8. The second kappa shape index (κ2) is 12.2. The average Bonchev–Trinajstić information content (AvgIpc) is 3.73. The minimum absolute atomic E-state index is 0.0174. The van der Waals surface area contributed by atoms with Crippen molar-refractivity contribution in [2.45, 2.75) is 57.3 Å². The standard InChI is InChI=1S/C28H30F3N3O5/c29-28(30,31)39-23-13-11-22(12-14-23)33-27(38)34-25(19-5-3-18(4-6-19)17-1-2-17)20-7-9-21(10-8-20)26(37)32-16-15-24(35)36/h7-14,19,25H,1-6,15-16H2,(H,32,37)(H,35,36)(H2,33,34,38). The molecule has 2 aliphatic carbocycles. The number of urea groups is 1. The summed E-state index contributed by atoms with van der Waals surface area (Å²) in [6.07, 6.45) is 1.11. The zero-order valence-corrected chi connectivity index (χ0v) is 21.1. The summed E-state index contributed by atoms with van der Waals surface area (Å²) >= 11 is 0. The molecule has 2 saturated carbocycles. The van der Waals surface area contributed by atoms with E-state index in [-0.39, 0.29) is 36.6 Å². The van der Waals surface area contributed by atoms with Gasteiger partial charge in [0.2, 0.25) is 0 Å². The summed E-state index contributed by atoms with van der Waals surface area (Å²) in [4.78, 5) is 35.9. The third-order valence-electron chi connectivity index (χ3n) is 6.89. The second-order valence-corrected chi connectivity index (χ2v) is 9.71. The van der Waals surface area contributed by atoms with Crippen LogP contribution in [0.2, 0.25) is 0 Å². The van der Waals surface area contributed by atoms with Gasteiger partial charge in [-0.25, -0.2) is 4.79 Å². The van der Waals surface area contributed by atoms with Gasteiger partial charge in [0.15, 0.2) is 0 Å². The number of aliphatic carboxylic acids is 1. The number of carboxylic acid groups (broad SMARTS) is 1. The number of allylic oxidation sites excluding steroid dienone is 2. The lowest BCUT2D eigenvalue weighted by Gasteiger charge is -2.32. The Hall–Kier alpha value is -4.02. The minimum Gasteiger partial charge on any atom is -0.481 e. The molecular weight excluding hydrogens is 515 g/mol. The average molecular weight is 546 g/mol. The van der Waals surface area contributed by atoms with E-state index in [1.807, 2.05) is 0 Å². The number of ether oxygens (including phenoxy) is 1. The van der Waals surface area contributed by atoms with E-state index in [4.69, 9.17) is 5.11 Å². The first kappa shape index (κ1) is 28.0. The maximum Gasteiger partial charge on any atom is 0.573 e. The van der Waals surface area contributed by atoms with Crippen molar-refractivity contribution in [2.24, 2.45) is 5.92 Å². The number of benzene rings is 2. The molecule has 2 aromatic carbocycles. The van der Waals surface area contributed by atoms with Gasteiger partial charge in [0.1, 0.15) is 5.75 Å². The zero-order chi connectivity index (χ0) is 28.0. The molecular formula is C28H30F3N3O5. The molecule has 2 aromatic rings. The van der Waals surface area contributed by atoms with Gasteiger partial charge in [0.05, 0.1) is 12.5 Å². The number of carbonyl (C=O) groups excluding carboxylic acids is 2. The SMILES string of the molecule is O=C(O)CCNC(=O)c1ccc(C(NC(=O)Nc2ccc(OC(F)(F)F)cc2)C2CCC(=C3CC3)CC2)cc1. The molecule has 4 N–H and O–H groups in total. The van der Waals surface area contributed by atoms with Crippen molar-refractivity contribution < 1.29 is 37.4 Å². The molecule has 11 heteroatoms. The summed E-state index contributed by atoms with van der Waals surface area (Å²) in [5, 5.41) is 17.0. The molecule has 208 valence electrons. The van der Waals surface area contributed by atoms with Gasteiger partial charge >= 0.3 is 18.4 Å². The number of amides is 3. The number of hydrogen-bond acceptors (Lipinski definition) is 4. The molecule has 0 bridgehead atoms. The Morgan fingerprint density at radius 2 is 1.54 bits per heavy atom. The van der Waals surface area contributed by atoms with Gasteiger partial charge in [0, 0.05) is 17.8 Å². The molecule has 0 heterocycles. The lowest BCUT2D eigenvalue weighted by atomic mass is 9.78. The summed E-state index contributed by atoms with van der Waals surface area (Å²) in [5.74, 6) is -1.63. The Morgan fingerprint density at radius 1 is 0.923 bits per heavy atom. The summed E-state index contributed by atoms with van der Waals surface area (Å²) in [7, 11) is 0. The van der Waals surface area contributed by atoms with Crippen molar-refractivity contribution in [2.75, 3.05) is 11.9 Å². The fourth-order valence-electron chi connectivity index (χ4n) is 4.84. The molecule has 3 amide bonds. The number of alkyl halides is 3. The first-order valence-corrected chi connectivity index (χ1v) is 12.8. The number of anilines is 1. The lowest BCUT2D eigenvalue weighted by Crippen LogP contribution is -2.37. The van der Waals surface area contributed by atoms with E-state index in [1.54, 1.807) is 29.8 Å². The van der Waals surface area contributed by atoms with Gasteiger partial charge in [-0.1, -0.05) is 23.3 Å². The molecule has 8 nitrogen and oxygen atoms in total.